The molecule has 21 heavy (non-hydrogen) atoms. The Balaban J connectivity index is 1.99. The van der Waals surface area contributed by atoms with Gasteiger partial charge in [0, 0.05) is 13.6 Å². The summed E-state index contributed by atoms with van der Waals surface area (Å²) in [6.07, 6.45) is 6.31. The predicted octanol–water partition coefficient (Wildman–Crippen LogP) is 4.26. The summed E-state index contributed by atoms with van der Waals surface area (Å²) < 4.78 is 0. The second-order valence-corrected chi connectivity index (χ2v) is 5.88. The van der Waals surface area contributed by atoms with Gasteiger partial charge in [0.15, 0.2) is 0 Å². The van der Waals surface area contributed by atoms with Gasteiger partial charge in [-0.25, -0.2) is 0 Å². The molecule has 0 spiro atoms. The largest absolute Gasteiger partial charge is 0.382 e. The van der Waals surface area contributed by atoms with Crippen molar-refractivity contribution in [3.63, 3.8) is 0 Å². The van der Waals surface area contributed by atoms with E-state index in [2.05, 4.69) is 17.6 Å². The predicted molar refractivity (Wildman–Crippen MR) is 86.9 cm³/mol. The summed E-state index contributed by atoms with van der Waals surface area (Å²) in [6, 6.07) is 5.36. The zero-order valence-electron chi connectivity index (χ0n) is 12.9. The summed E-state index contributed by atoms with van der Waals surface area (Å²) in [6.45, 7) is 3.08. The lowest BCUT2D eigenvalue weighted by atomic mass is 9.81. The van der Waals surface area contributed by atoms with Gasteiger partial charge in [-0.2, -0.15) is 0 Å². The van der Waals surface area contributed by atoms with E-state index in [1.165, 1.54) is 32.1 Å². The van der Waals surface area contributed by atoms with Crippen LogP contribution in [0.3, 0.4) is 0 Å². The molecule has 2 rings (SSSR count). The molecule has 1 aromatic carbocycles. The van der Waals surface area contributed by atoms with Gasteiger partial charge in [-0.15, -0.1) is 0 Å². The van der Waals surface area contributed by atoms with E-state index in [0.29, 0.717) is 17.3 Å². The Morgan fingerprint density at radius 1 is 1.19 bits per heavy atom. The third kappa shape index (κ3) is 3.86. The molecule has 1 aromatic rings. The molecule has 0 amide bonds. The molecule has 0 aromatic heterocycles. The van der Waals surface area contributed by atoms with Gasteiger partial charge in [0.1, 0.15) is 11.4 Å². The van der Waals surface area contributed by atoms with Crippen LogP contribution < -0.4 is 10.6 Å². The Morgan fingerprint density at radius 3 is 2.38 bits per heavy atom. The number of nitro groups is 1. The van der Waals surface area contributed by atoms with Gasteiger partial charge >= 0.3 is 5.69 Å². The van der Waals surface area contributed by atoms with Crippen LogP contribution in [0.1, 0.15) is 39.0 Å². The lowest BCUT2D eigenvalue weighted by molar-refractivity contribution is -0.383. The summed E-state index contributed by atoms with van der Waals surface area (Å²) in [5.74, 6) is 1.51. The summed E-state index contributed by atoms with van der Waals surface area (Å²) in [7, 11) is 1.71. The fourth-order valence-corrected chi connectivity index (χ4v) is 3.18. The molecule has 5 heteroatoms. The normalized spacial score (nSPS) is 21.8. The topological polar surface area (TPSA) is 67.2 Å². The average Bonchev–Trinajstić information content (AvgIpc) is 2.52. The molecular weight excluding hydrogens is 266 g/mol. The van der Waals surface area contributed by atoms with E-state index in [1.807, 2.05) is 6.07 Å². The van der Waals surface area contributed by atoms with Crippen LogP contribution >= 0.6 is 0 Å². The molecule has 116 valence electrons. The quantitative estimate of drug-likeness (QED) is 0.607. The highest BCUT2D eigenvalue weighted by Crippen LogP contribution is 2.34. The highest BCUT2D eigenvalue weighted by molar-refractivity contribution is 5.75. The van der Waals surface area contributed by atoms with Gasteiger partial charge in [-0.1, -0.05) is 32.3 Å². The van der Waals surface area contributed by atoms with E-state index in [-0.39, 0.29) is 10.6 Å². The number of benzene rings is 1. The van der Waals surface area contributed by atoms with Crippen molar-refractivity contribution in [2.45, 2.75) is 39.0 Å². The van der Waals surface area contributed by atoms with Gasteiger partial charge in [0.2, 0.25) is 0 Å². The zero-order chi connectivity index (χ0) is 15.2. The van der Waals surface area contributed by atoms with Gasteiger partial charge in [0.05, 0.1) is 4.92 Å². The van der Waals surface area contributed by atoms with Crippen LogP contribution in [0.4, 0.5) is 17.1 Å². The number of hydrogen-bond acceptors (Lipinski definition) is 4. The van der Waals surface area contributed by atoms with Crippen molar-refractivity contribution in [1.29, 1.82) is 0 Å². The summed E-state index contributed by atoms with van der Waals surface area (Å²) in [5, 5.41) is 17.4. The first-order chi connectivity index (χ1) is 10.2. The number of nitrogens with zero attached hydrogens (tertiary/aromatic N) is 1. The molecule has 1 saturated carbocycles. The number of rotatable bonds is 6. The van der Waals surface area contributed by atoms with Crippen molar-refractivity contribution < 1.29 is 4.92 Å². The molecule has 0 bridgehead atoms. The van der Waals surface area contributed by atoms with Crippen LogP contribution in [0.25, 0.3) is 0 Å². The Kier molecular flexibility index (Phi) is 5.42. The van der Waals surface area contributed by atoms with Crippen LogP contribution in [0, 0.1) is 22.0 Å². The third-order valence-corrected chi connectivity index (χ3v) is 4.61. The molecule has 1 aliphatic carbocycles. The van der Waals surface area contributed by atoms with Crippen LogP contribution in [0.15, 0.2) is 18.2 Å². The van der Waals surface area contributed by atoms with Crippen LogP contribution in [-0.2, 0) is 0 Å². The first kappa shape index (κ1) is 15.6. The Morgan fingerprint density at radius 2 is 1.81 bits per heavy atom. The van der Waals surface area contributed by atoms with E-state index in [1.54, 1.807) is 19.2 Å². The maximum Gasteiger partial charge on any atom is 0.315 e. The molecule has 0 heterocycles. The lowest BCUT2D eigenvalue weighted by Crippen LogP contribution is -2.21. The molecule has 0 saturated heterocycles. The first-order valence-corrected chi connectivity index (χ1v) is 7.84. The number of nitrogens with one attached hydrogen (secondary N) is 2. The van der Waals surface area contributed by atoms with Crippen molar-refractivity contribution in [2.24, 2.45) is 11.8 Å². The summed E-state index contributed by atoms with van der Waals surface area (Å²) >= 11 is 0. The highest BCUT2D eigenvalue weighted by Gasteiger charge is 2.22. The Bertz CT molecular complexity index is 482. The van der Waals surface area contributed by atoms with E-state index in [9.17, 15) is 10.1 Å². The number of anilines is 2. The van der Waals surface area contributed by atoms with E-state index in [0.717, 1.165) is 12.5 Å². The average molecular weight is 291 g/mol. The fraction of sp³-hybridized carbons (Fsp3) is 0.625. The third-order valence-electron chi connectivity index (χ3n) is 4.61. The minimum Gasteiger partial charge on any atom is -0.382 e. The van der Waals surface area contributed by atoms with Gasteiger partial charge in [-0.3, -0.25) is 10.1 Å². The standard InChI is InChI=1S/C16H25N3O2/c1-3-12-7-9-13(10-8-12)11-18-15-6-4-5-14(17-2)16(15)19(20)21/h4-6,12-13,17-18H,3,7-11H2,1-2H3. The van der Waals surface area contributed by atoms with Crippen LogP contribution in [0.2, 0.25) is 0 Å². The molecule has 5 nitrogen and oxygen atoms in total. The summed E-state index contributed by atoms with van der Waals surface area (Å²) in [5.41, 5.74) is 1.31. The molecule has 1 aliphatic rings. The van der Waals surface area contributed by atoms with Gasteiger partial charge in [-0.05, 0) is 36.8 Å². The monoisotopic (exact) mass is 291 g/mol. The minimum atomic E-state index is -0.317. The number of para-hydroxylation sites is 1. The molecule has 0 unspecified atom stereocenters. The zero-order valence-corrected chi connectivity index (χ0v) is 12.9. The SMILES string of the molecule is CCC1CCC(CNc2cccc(NC)c2[N+](=O)[O-])CC1. The molecule has 0 aliphatic heterocycles. The first-order valence-electron chi connectivity index (χ1n) is 7.84. The minimum absolute atomic E-state index is 0.141. The molecule has 1 fully saturated rings. The van der Waals surface area contributed by atoms with Crippen molar-refractivity contribution in [1.82, 2.24) is 0 Å². The molecule has 0 atom stereocenters. The van der Waals surface area contributed by atoms with Gasteiger partial charge < -0.3 is 10.6 Å². The van der Waals surface area contributed by atoms with Crippen molar-refractivity contribution in [2.75, 3.05) is 24.2 Å². The number of nitro benzene ring substituents is 1. The smallest absolute Gasteiger partial charge is 0.315 e. The van der Waals surface area contributed by atoms with E-state index < -0.39 is 0 Å². The number of hydrogen-bond donors (Lipinski definition) is 2. The van der Waals surface area contributed by atoms with Crippen molar-refractivity contribution in [3.05, 3.63) is 28.3 Å². The van der Waals surface area contributed by atoms with Crippen molar-refractivity contribution >= 4 is 17.1 Å². The lowest BCUT2D eigenvalue weighted by Gasteiger charge is -2.28. The van der Waals surface area contributed by atoms with Crippen LogP contribution in [-0.4, -0.2) is 18.5 Å². The molecule has 2 N–H and O–H groups in total. The second-order valence-electron chi connectivity index (χ2n) is 5.88. The van der Waals surface area contributed by atoms with Gasteiger partial charge in [0.25, 0.3) is 0 Å². The Hall–Kier alpha value is -1.78. The van der Waals surface area contributed by atoms with E-state index >= 15 is 0 Å². The Labute approximate surface area is 126 Å². The second kappa shape index (κ2) is 7.29. The maximum atomic E-state index is 11.3. The fourth-order valence-electron chi connectivity index (χ4n) is 3.18. The maximum absolute atomic E-state index is 11.3. The van der Waals surface area contributed by atoms with Crippen molar-refractivity contribution in [3.8, 4) is 0 Å². The summed E-state index contributed by atoms with van der Waals surface area (Å²) in [4.78, 5) is 10.9. The van der Waals surface area contributed by atoms with Crippen LogP contribution in [0.5, 0.6) is 0 Å². The highest BCUT2D eigenvalue weighted by atomic mass is 16.6. The van der Waals surface area contributed by atoms with E-state index in [4.69, 9.17) is 0 Å². The molecular formula is C16H25N3O2. The molecule has 0 radical (unpaired) electrons.